The molecule has 1 aliphatic heterocycles. The maximum absolute atomic E-state index is 12.4. The number of hydrogen-bond donors (Lipinski definition) is 0. The lowest BCUT2D eigenvalue weighted by molar-refractivity contribution is -0.182. The molecule has 0 bridgehead atoms. The van der Waals surface area contributed by atoms with Crippen molar-refractivity contribution in [1.29, 1.82) is 0 Å². The van der Waals surface area contributed by atoms with Gasteiger partial charge in [-0.3, -0.25) is 4.79 Å². The van der Waals surface area contributed by atoms with Crippen LogP contribution in [0.15, 0.2) is 6.20 Å². The summed E-state index contributed by atoms with van der Waals surface area (Å²) in [7, 11) is 0. The summed E-state index contributed by atoms with van der Waals surface area (Å²) in [5, 5.41) is 0. The van der Waals surface area contributed by atoms with E-state index in [2.05, 4.69) is 4.98 Å². The average molecular weight is 218 g/mol. The van der Waals surface area contributed by atoms with E-state index in [4.69, 9.17) is 0 Å². The van der Waals surface area contributed by atoms with Gasteiger partial charge in [0.05, 0.1) is 5.92 Å². The highest BCUT2D eigenvalue weighted by Crippen LogP contribution is 2.34. The molecule has 15 heavy (non-hydrogen) atoms. The van der Waals surface area contributed by atoms with E-state index in [1.165, 1.54) is 10.8 Å². The van der Waals surface area contributed by atoms with Crippen LogP contribution in [0.2, 0.25) is 0 Å². The second-order valence-corrected chi connectivity index (χ2v) is 3.63. The predicted octanol–water partition coefficient (Wildman–Crippen LogP) is 1.82. The summed E-state index contributed by atoms with van der Waals surface area (Å²) < 4.78 is 38.7. The van der Waals surface area contributed by atoms with E-state index in [1.807, 2.05) is 0 Å². The third kappa shape index (κ3) is 1.88. The Kier molecular flexibility index (Phi) is 2.28. The fourth-order valence-electron chi connectivity index (χ4n) is 1.79. The van der Waals surface area contributed by atoms with Crippen LogP contribution in [0.25, 0.3) is 0 Å². The lowest BCUT2D eigenvalue weighted by Crippen LogP contribution is -2.31. The first kappa shape index (κ1) is 10.2. The highest BCUT2D eigenvalue weighted by molar-refractivity contribution is 5.71. The average Bonchev–Trinajstić information content (AvgIpc) is 2.57. The molecule has 0 radical (unpaired) electrons. The first-order valence-electron chi connectivity index (χ1n) is 4.58. The fraction of sp³-hybridized carbons (Fsp3) is 0.556. The van der Waals surface area contributed by atoms with Gasteiger partial charge in [0.2, 0.25) is 0 Å². The number of carbonyl (C=O) groups is 1. The summed E-state index contributed by atoms with van der Waals surface area (Å²) in [4.78, 5) is 14.3. The molecular weight excluding hydrogens is 209 g/mol. The van der Waals surface area contributed by atoms with E-state index >= 15 is 0 Å². The zero-order valence-electron chi connectivity index (χ0n) is 7.79. The molecule has 82 valence electrons. The van der Waals surface area contributed by atoms with Crippen molar-refractivity contribution in [1.82, 2.24) is 9.55 Å². The lowest BCUT2D eigenvalue weighted by Gasteiger charge is -2.25. The molecule has 0 amide bonds. The van der Waals surface area contributed by atoms with Crippen LogP contribution < -0.4 is 0 Å². The number of alkyl halides is 3. The lowest BCUT2D eigenvalue weighted by atomic mass is 9.99. The summed E-state index contributed by atoms with van der Waals surface area (Å²) in [5.41, 5.74) is 0.202. The number of aldehydes is 1. The fourth-order valence-corrected chi connectivity index (χ4v) is 1.79. The van der Waals surface area contributed by atoms with E-state index in [0.717, 1.165) is 0 Å². The highest BCUT2D eigenvalue weighted by Gasteiger charge is 2.41. The first-order chi connectivity index (χ1) is 7.00. The van der Waals surface area contributed by atoms with Crippen molar-refractivity contribution in [3.63, 3.8) is 0 Å². The van der Waals surface area contributed by atoms with Crippen LogP contribution in [0.1, 0.15) is 22.7 Å². The first-order valence-corrected chi connectivity index (χ1v) is 4.58. The normalized spacial score (nSPS) is 21.1. The van der Waals surface area contributed by atoms with Crippen molar-refractivity contribution < 1.29 is 18.0 Å². The molecule has 6 heteroatoms. The summed E-state index contributed by atoms with van der Waals surface area (Å²) in [6, 6.07) is 0. The SMILES string of the molecule is O=Cc1cn2c(n1)CCC(C(F)(F)F)C2. The van der Waals surface area contributed by atoms with Gasteiger partial charge in [0.15, 0.2) is 6.29 Å². The summed E-state index contributed by atoms with van der Waals surface area (Å²) in [6.45, 7) is -0.125. The van der Waals surface area contributed by atoms with Gasteiger partial charge >= 0.3 is 6.18 Å². The van der Waals surface area contributed by atoms with Crippen LogP contribution in [-0.2, 0) is 13.0 Å². The zero-order valence-corrected chi connectivity index (χ0v) is 7.79. The number of fused-ring (bicyclic) bond motifs is 1. The molecule has 0 N–H and O–H groups in total. The Bertz CT molecular complexity index is 383. The van der Waals surface area contributed by atoms with Crippen molar-refractivity contribution in [3.8, 4) is 0 Å². The zero-order chi connectivity index (χ0) is 11.1. The van der Waals surface area contributed by atoms with E-state index < -0.39 is 12.1 Å². The summed E-state index contributed by atoms with van der Waals surface area (Å²) >= 11 is 0. The minimum Gasteiger partial charge on any atom is -0.334 e. The Balaban J connectivity index is 2.23. The van der Waals surface area contributed by atoms with Crippen molar-refractivity contribution >= 4 is 6.29 Å². The topological polar surface area (TPSA) is 34.9 Å². The maximum Gasteiger partial charge on any atom is 0.393 e. The quantitative estimate of drug-likeness (QED) is 0.674. The molecule has 0 aromatic carbocycles. The van der Waals surface area contributed by atoms with Gasteiger partial charge in [0.25, 0.3) is 0 Å². The number of hydrogen-bond acceptors (Lipinski definition) is 2. The molecule has 3 nitrogen and oxygen atoms in total. The summed E-state index contributed by atoms with van der Waals surface area (Å²) in [6.07, 6.45) is -1.91. The Morgan fingerprint density at radius 2 is 2.27 bits per heavy atom. The third-order valence-electron chi connectivity index (χ3n) is 2.59. The molecule has 1 aromatic heterocycles. The molecule has 1 aliphatic rings. The van der Waals surface area contributed by atoms with Crippen LogP contribution in [0, 0.1) is 5.92 Å². The number of aryl methyl sites for hydroxylation is 1. The maximum atomic E-state index is 12.4. The molecule has 1 unspecified atom stereocenters. The van der Waals surface area contributed by atoms with Crippen LogP contribution in [0.5, 0.6) is 0 Å². The number of aromatic nitrogens is 2. The van der Waals surface area contributed by atoms with Gasteiger partial charge in [-0.15, -0.1) is 0 Å². The Hall–Kier alpha value is -1.33. The number of imidazole rings is 1. The molecule has 1 atom stereocenters. The van der Waals surface area contributed by atoms with Gasteiger partial charge in [0.1, 0.15) is 11.5 Å². The van der Waals surface area contributed by atoms with Crippen LogP contribution in [-0.4, -0.2) is 22.0 Å². The molecule has 0 aliphatic carbocycles. The van der Waals surface area contributed by atoms with E-state index in [9.17, 15) is 18.0 Å². The number of rotatable bonds is 1. The molecule has 0 fully saturated rings. The van der Waals surface area contributed by atoms with Gasteiger partial charge < -0.3 is 4.57 Å². The van der Waals surface area contributed by atoms with Gasteiger partial charge in [-0.2, -0.15) is 13.2 Å². The predicted molar refractivity (Wildman–Crippen MR) is 45.5 cm³/mol. The monoisotopic (exact) mass is 218 g/mol. The van der Waals surface area contributed by atoms with Crippen LogP contribution in [0.4, 0.5) is 13.2 Å². The standard InChI is InChI=1S/C9H9F3N2O/c10-9(11,12)6-1-2-8-13-7(5-15)4-14(8)3-6/h4-6H,1-3H2. The molecule has 2 rings (SSSR count). The molecule has 0 saturated carbocycles. The van der Waals surface area contributed by atoms with Gasteiger partial charge in [0, 0.05) is 19.2 Å². The second kappa shape index (κ2) is 3.36. The van der Waals surface area contributed by atoms with E-state index in [0.29, 0.717) is 12.1 Å². The van der Waals surface area contributed by atoms with Crippen molar-refractivity contribution in [2.45, 2.75) is 25.6 Å². The van der Waals surface area contributed by atoms with E-state index in [1.54, 1.807) is 0 Å². The number of halogens is 3. The minimum atomic E-state index is -4.16. The van der Waals surface area contributed by atoms with Crippen LogP contribution in [0.3, 0.4) is 0 Å². The Morgan fingerprint density at radius 1 is 1.53 bits per heavy atom. The second-order valence-electron chi connectivity index (χ2n) is 3.63. The van der Waals surface area contributed by atoms with Crippen molar-refractivity contribution in [3.05, 3.63) is 17.7 Å². The van der Waals surface area contributed by atoms with Crippen LogP contribution >= 0.6 is 0 Å². The highest BCUT2D eigenvalue weighted by atomic mass is 19.4. The molecule has 1 aromatic rings. The van der Waals surface area contributed by atoms with Gasteiger partial charge in [-0.1, -0.05) is 0 Å². The van der Waals surface area contributed by atoms with Crippen molar-refractivity contribution in [2.75, 3.05) is 0 Å². The van der Waals surface area contributed by atoms with Gasteiger partial charge in [-0.25, -0.2) is 4.98 Å². The largest absolute Gasteiger partial charge is 0.393 e. The molecular formula is C9H9F3N2O. The number of carbonyl (C=O) groups excluding carboxylic acids is 1. The van der Waals surface area contributed by atoms with E-state index in [-0.39, 0.29) is 25.1 Å². The van der Waals surface area contributed by atoms with Gasteiger partial charge in [-0.05, 0) is 6.42 Å². The third-order valence-corrected chi connectivity index (χ3v) is 2.59. The summed E-state index contributed by atoms with van der Waals surface area (Å²) in [5.74, 6) is -0.753. The molecule has 2 heterocycles. The number of nitrogens with zero attached hydrogens (tertiary/aromatic N) is 2. The minimum absolute atomic E-state index is 0.0544. The molecule has 0 saturated heterocycles. The Labute approximate surface area is 83.9 Å². The smallest absolute Gasteiger partial charge is 0.334 e. The van der Waals surface area contributed by atoms with Crippen molar-refractivity contribution in [2.24, 2.45) is 5.92 Å². The molecule has 0 spiro atoms. The Morgan fingerprint density at radius 3 is 2.87 bits per heavy atom.